The molecule has 3 atom stereocenters. The average Bonchev–Trinajstić information content (AvgIpc) is 3.23. The van der Waals surface area contributed by atoms with E-state index >= 15 is 0 Å². The number of amides is 3. The van der Waals surface area contributed by atoms with Gasteiger partial charge in [-0.05, 0) is 55.0 Å². The largest absolute Gasteiger partial charge is 0.355 e. The predicted octanol–water partition coefficient (Wildman–Crippen LogP) is 3.48. The van der Waals surface area contributed by atoms with Gasteiger partial charge in [0.15, 0.2) is 0 Å². The summed E-state index contributed by atoms with van der Waals surface area (Å²) in [6, 6.07) is 16.3. The fraction of sp³-hybridized carbons (Fsp3) is 0.423. The Morgan fingerprint density at radius 2 is 1.66 bits per heavy atom. The molecule has 32 heavy (non-hydrogen) atoms. The Morgan fingerprint density at radius 1 is 0.969 bits per heavy atom. The molecule has 0 aromatic heterocycles. The van der Waals surface area contributed by atoms with E-state index in [0.29, 0.717) is 23.6 Å². The highest BCUT2D eigenvalue weighted by Gasteiger charge is 2.48. The molecule has 2 fully saturated rings. The van der Waals surface area contributed by atoms with E-state index in [1.165, 1.54) is 6.42 Å². The minimum Gasteiger partial charge on any atom is -0.355 e. The van der Waals surface area contributed by atoms with E-state index < -0.39 is 6.04 Å². The number of hydrogen-bond donors (Lipinski definition) is 1. The van der Waals surface area contributed by atoms with Gasteiger partial charge in [-0.15, -0.1) is 0 Å². The zero-order chi connectivity index (χ0) is 22.7. The minimum atomic E-state index is -0.425. The number of fused-ring (bicyclic) bond motifs is 1. The lowest BCUT2D eigenvalue weighted by Crippen LogP contribution is -2.49. The van der Waals surface area contributed by atoms with Crippen molar-refractivity contribution in [2.24, 2.45) is 5.92 Å². The van der Waals surface area contributed by atoms with E-state index in [1.54, 1.807) is 31.1 Å². The van der Waals surface area contributed by atoms with Gasteiger partial charge >= 0.3 is 0 Å². The molecule has 1 aliphatic carbocycles. The molecule has 3 unspecified atom stereocenters. The first-order valence-electron chi connectivity index (χ1n) is 11.4. The van der Waals surface area contributed by atoms with Crippen LogP contribution in [0.2, 0.25) is 0 Å². The predicted molar refractivity (Wildman–Crippen MR) is 123 cm³/mol. The molecule has 6 nitrogen and oxygen atoms in total. The second-order valence-corrected chi connectivity index (χ2v) is 8.91. The van der Waals surface area contributed by atoms with Crippen molar-refractivity contribution in [2.75, 3.05) is 14.1 Å². The summed E-state index contributed by atoms with van der Waals surface area (Å²) in [6.45, 7) is 0.437. The van der Waals surface area contributed by atoms with Gasteiger partial charge in [-0.2, -0.15) is 0 Å². The van der Waals surface area contributed by atoms with Crippen molar-refractivity contribution in [3.8, 4) is 0 Å². The molecule has 2 aromatic rings. The highest BCUT2D eigenvalue weighted by Crippen LogP contribution is 2.41. The molecule has 2 aliphatic rings. The van der Waals surface area contributed by atoms with Crippen LogP contribution in [0.25, 0.3) is 0 Å². The third-order valence-corrected chi connectivity index (χ3v) is 6.87. The molecule has 6 heteroatoms. The second-order valence-electron chi connectivity index (χ2n) is 8.91. The number of likely N-dealkylation sites (tertiary alicyclic amines) is 1. The molecule has 1 heterocycles. The van der Waals surface area contributed by atoms with Crippen LogP contribution in [0.1, 0.15) is 58.4 Å². The lowest BCUT2D eigenvalue weighted by atomic mass is 9.84. The van der Waals surface area contributed by atoms with Gasteiger partial charge in [0.1, 0.15) is 6.04 Å². The normalized spacial score (nSPS) is 22.2. The number of likely N-dealkylation sites (N-methyl/N-ethyl adjacent to an activating group) is 1. The smallest absolute Gasteiger partial charge is 0.254 e. The molecule has 168 valence electrons. The van der Waals surface area contributed by atoms with Crippen molar-refractivity contribution >= 4 is 17.7 Å². The minimum absolute atomic E-state index is 0.0148. The summed E-state index contributed by atoms with van der Waals surface area (Å²) in [5.74, 6) is 0.205. The summed E-state index contributed by atoms with van der Waals surface area (Å²) in [5.41, 5.74) is 2.18. The first-order chi connectivity index (χ1) is 15.5. The summed E-state index contributed by atoms with van der Waals surface area (Å²) in [4.78, 5) is 42.3. The van der Waals surface area contributed by atoms with Crippen molar-refractivity contribution in [3.05, 3.63) is 71.3 Å². The van der Waals surface area contributed by atoms with Gasteiger partial charge in [-0.1, -0.05) is 43.2 Å². The van der Waals surface area contributed by atoms with Crippen LogP contribution in [0.5, 0.6) is 0 Å². The maximum Gasteiger partial charge on any atom is 0.254 e. The van der Waals surface area contributed by atoms with Crippen LogP contribution in [0.15, 0.2) is 54.6 Å². The molecule has 4 rings (SSSR count). The standard InChI is InChI=1S/C26H31N3O3/c1-27-24(30)19-14-12-18(13-15-19)17-28(2)26(32)23-16-21-10-6-7-11-22(21)29(23)25(31)20-8-4-3-5-9-20/h3-5,8-9,12-15,21-23H,6-7,10-11,16-17H2,1-2H3,(H,27,30). The van der Waals surface area contributed by atoms with E-state index in [-0.39, 0.29) is 23.8 Å². The molecule has 0 bridgehead atoms. The maximum atomic E-state index is 13.5. The monoisotopic (exact) mass is 433 g/mol. The van der Waals surface area contributed by atoms with Crippen molar-refractivity contribution in [1.29, 1.82) is 0 Å². The summed E-state index contributed by atoms with van der Waals surface area (Å²) in [6.07, 6.45) is 5.06. The van der Waals surface area contributed by atoms with Crippen LogP contribution in [-0.2, 0) is 11.3 Å². The van der Waals surface area contributed by atoms with Crippen LogP contribution in [0.3, 0.4) is 0 Å². The number of carbonyl (C=O) groups is 3. The Labute approximate surface area is 189 Å². The van der Waals surface area contributed by atoms with E-state index in [0.717, 1.165) is 31.2 Å². The molecule has 1 N–H and O–H groups in total. The van der Waals surface area contributed by atoms with E-state index in [9.17, 15) is 14.4 Å². The Kier molecular flexibility index (Phi) is 6.58. The fourth-order valence-electron chi connectivity index (χ4n) is 5.21. The second kappa shape index (κ2) is 9.55. The van der Waals surface area contributed by atoms with Crippen molar-refractivity contribution < 1.29 is 14.4 Å². The van der Waals surface area contributed by atoms with Crippen molar-refractivity contribution in [1.82, 2.24) is 15.1 Å². The van der Waals surface area contributed by atoms with Crippen LogP contribution >= 0.6 is 0 Å². The average molecular weight is 434 g/mol. The van der Waals surface area contributed by atoms with Gasteiger partial charge in [-0.25, -0.2) is 0 Å². The quantitative estimate of drug-likeness (QED) is 0.785. The highest BCUT2D eigenvalue weighted by atomic mass is 16.2. The molecule has 0 spiro atoms. The lowest BCUT2D eigenvalue weighted by molar-refractivity contribution is -0.134. The number of benzene rings is 2. The Bertz CT molecular complexity index is 974. The number of hydrogen-bond acceptors (Lipinski definition) is 3. The van der Waals surface area contributed by atoms with Crippen molar-refractivity contribution in [2.45, 2.75) is 50.7 Å². The molecular weight excluding hydrogens is 402 g/mol. The van der Waals surface area contributed by atoms with Crippen LogP contribution in [0.4, 0.5) is 0 Å². The van der Waals surface area contributed by atoms with E-state index in [4.69, 9.17) is 0 Å². The third kappa shape index (κ3) is 4.40. The van der Waals surface area contributed by atoms with Crippen LogP contribution in [-0.4, -0.2) is 53.7 Å². The molecule has 0 radical (unpaired) electrons. The molecule has 1 aliphatic heterocycles. The van der Waals surface area contributed by atoms with Gasteiger partial charge in [0.05, 0.1) is 0 Å². The van der Waals surface area contributed by atoms with Crippen molar-refractivity contribution in [3.63, 3.8) is 0 Å². The summed E-state index contributed by atoms with van der Waals surface area (Å²) >= 11 is 0. The highest BCUT2D eigenvalue weighted by molar-refractivity contribution is 5.98. The van der Waals surface area contributed by atoms with Crippen LogP contribution in [0, 0.1) is 5.92 Å². The summed E-state index contributed by atoms with van der Waals surface area (Å²) in [5, 5.41) is 2.61. The molecule has 1 saturated heterocycles. The Balaban J connectivity index is 1.52. The zero-order valence-corrected chi connectivity index (χ0v) is 18.8. The molecule has 3 amide bonds. The lowest BCUT2D eigenvalue weighted by Gasteiger charge is -2.34. The number of nitrogens with one attached hydrogen (secondary N) is 1. The number of carbonyl (C=O) groups excluding carboxylic acids is 3. The maximum absolute atomic E-state index is 13.5. The SMILES string of the molecule is CNC(=O)c1ccc(CN(C)C(=O)C2CC3CCCCC3N2C(=O)c2ccccc2)cc1. The fourth-order valence-corrected chi connectivity index (χ4v) is 5.21. The summed E-state index contributed by atoms with van der Waals surface area (Å²) < 4.78 is 0. The third-order valence-electron chi connectivity index (χ3n) is 6.87. The van der Waals surface area contributed by atoms with Gasteiger partial charge in [-0.3, -0.25) is 14.4 Å². The van der Waals surface area contributed by atoms with Gasteiger partial charge in [0, 0.05) is 37.8 Å². The number of rotatable bonds is 5. The zero-order valence-electron chi connectivity index (χ0n) is 18.8. The molecule has 1 saturated carbocycles. The molecular formula is C26H31N3O3. The summed E-state index contributed by atoms with van der Waals surface area (Å²) in [7, 11) is 3.40. The topological polar surface area (TPSA) is 69.7 Å². The van der Waals surface area contributed by atoms with Gasteiger partial charge < -0.3 is 15.1 Å². The van der Waals surface area contributed by atoms with E-state index in [1.807, 2.05) is 47.4 Å². The first kappa shape index (κ1) is 22.1. The van der Waals surface area contributed by atoms with Crippen LogP contribution < -0.4 is 5.32 Å². The Morgan fingerprint density at radius 3 is 2.34 bits per heavy atom. The number of nitrogens with zero attached hydrogens (tertiary/aromatic N) is 2. The first-order valence-corrected chi connectivity index (χ1v) is 11.4. The van der Waals surface area contributed by atoms with Gasteiger partial charge in [0.25, 0.3) is 11.8 Å². The van der Waals surface area contributed by atoms with E-state index in [2.05, 4.69) is 5.32 Å². The Hall–Kier alpha value is -3.15. The van der Waals surface area contributed by atoms with Gasteiger partial charge in [0.2, 0.25) is 5.91 Å². The molecule has 2 aromatic carbocycles.